The second kappa shape index (κ2) is 32.8. The zero-order valence-electron chi connectivity index (χ0n) is 56.2. The summed E-state index contributed by atoms with van der Waals surface area (Å²) in [5.41, 5.74) is 9.05. The van der Waals surface area contributed by atoms with Crippen LogP contribution >= 0.6 is 0 Å². The van der Waals surface area contributed by atoms with Gasteiger partial charge in [0.05, 0.1) is 55.9 Å². The average molecular weight is 1380 g/mol. The predicted octanol–water partition coefficient (Wildman–Crippen LogP) is 12.5. The number of rotatable bonds is 19. The largest absolute Gasteiger partial charge is 0.489 e. The van der Waals surface area contributed by atoms with Crippen LogP contribution in [0.2, 0.25) is 0 Å². The molecule has 22 nitrogen and oxygen atoms in total. The van der Waals surface area contributed by atoms with Gasteiger partial charge in [0.15, 0.2) is 6.17 Å². The van der Waals surface area contributed by atoms with Crippen molar-refractivity contribution in [3.05, 3.63) is 217 Å². The third kappa shape index (κ3) is 17.7. The van der Waals surface area contributed by atoms with Gasteiger partial charge in [0, 0.05) is 92.8 Å². The summed E-state index contributed by atoms with van der Waals surface area (Å²) < 4.78 is 48.7. The Hall–Kier alpha value is -11.7. The van der Waals surface area contributed by atoms with Gasteiger partial charge >= 0.3 is 0 Å². The minimum atomic E-state index is -1.44. The highest BCUT2D eigenvalue weighted by Gasteiger charge is 2.47. The Morgan fingerprint density at radius 3 is 1.54 bits per heavy atom. The Kier molecular flexibility index (Phi) is 22.2. The summed E-state index contributed by atoms with van der Waals surface area (Å²) in [4.78, 5) is 67.6. The van der Waals surface area contributed by atoms with Gasteiger partial charge in [-0.05, 0) is 161 Å². The second-order valence-electron chi connectivity index (χ2n) is 26.1. The highest BCUT2D eigenvalue weighted by Crippen LogP contribution is 2.50. The van der Waals surface area contributed by atoms with Gasteiger partial charge in [0.1, 0.15) is 84.1 Å². The van der Waals surface area contributed by atoms with Gasteiger partial charge in [-0.1, -0.05) is 60.7 Å². The molecule has 8 atom stereocenters. The molecule has 0 unspecified atom stereocenters. The van der Waals surface area contributed by atoms with E-state index in [1.165, 1.54) is 16.8 Å². The van der Waals surface area contributed by atoms with Gasteiger partial charge in [0.2, 0.25) is 23.6 Å². The maximum Gasteiger partial charge on any atom is 0.248 e. The number of carbonyl (C=O) groups is 4. The van der Waals surface area contributed by atoms with Gasteiger partial charge in [-0.2, -0.15) is 15.8 Å². The van der Waals surface area contributed by atoms with Crippen LogP contribution in [0.5, 0.6) is 17.2 Å². The Labute approximate surface area is 594 Å². The summed E-state index contributed by atoms with van der Waals surface area (Å²) in [5, 5.41) is 46.8. The van der Waals surface area contributed by atoms with E-state index in [1.54, 1.807) is 49.2 Å². The first-order chi connectivity index (χ1) is 50.4. The van der Waals surface area contributed by atoms with E-state index in [0.29, 0.717) is 66.4 Å². The summed E-state index contributed by atoms with van der Waals surface area (Å²) in [7, 11) is 0. The number of carbonyl (C=O) groups excluding carboxylic acids is 4. The summed E-state index contributed by atoms with van der Waals surface area (Å²) in [6, 6.07) is 51.4. The fourth-order valence-electron chi connectivity index (χ4n) is 13.2. The number of pyridine rings is 2. The smallest absolute Gasteiger partial charge is 0.248 e. The maximum atomic E-state index is 14.7. The molecule has 103 heavy (non-hydrogen) atoms. The van der Waals surface area contributed by atoms with Gasteiger partial charge < -0.3 is 54.1 Å². The van der Waals surface area contributed by atoms with E-state index < -0.39 is 24.8 Å². The van der Waals surface area contributed by atoms with Crippen LogP contribution in [0.25, 0.3) is 33.4 Å². The third-order valence-corrected chi connectivity index (χ3v) is 19.2. The molecule has 3 saturated heterocycles. The van der Waals surface area contributed by atoms with E-state index in [2.05, 4.69) is 66.2 Å². The molecular weight excluding hydrogens is 1310 g/mol. The number of amides is 4. The van der Waals surface area contributed by atoms with E-state index in [0.717, 1.165) is 89.7 Å². The van der Waals surface area contributed by atoms with Crippen LogP contribution in [0.15, 0.2) is 187 Å². The lowest BCUT2D eigenvalue weighted by Crippen LogP contribution is -2.50. The molecule has 3 aliphatic heterocycles. The minimum Gasteiger partial charge on any atom is -0.489 e. The van der Waals surface area contributed by atoms with Gasteiger partial charge in [-0.15, -0.1) is 0 Å². The molecule has 23 heteroatoms. The number of benzene rings is 5. The Bertz CT molecular complexity index is 4630. The second-order valence-corrected chi connectivity index (χ2v) is 26.1. The van der Waals surface area contributed by atoms with Crippen LogP contribution < -0.4 is 30.2 Å². The molecule has 0 radical (unpaired) electrons. The fraction of sp³-hybridized carbons (Fsp3) is 0.312. The first kappa shape index (κ1) is 69.8. The highest BCUT2D eigenvalue weighted by atomic mass is 19.1. The van der Waals surface area contributed by atoms with E-state index in [1.807, 2.05) is 115 Å². The van der Waals surface area contributed by atoms with Crippen LogP contribution in [-0.2, 0) is 28.7 Å². The van der Waals surface area contributed by atoms with Crippen LogP contribution in [0.1, 0.15) is 103 Å². The lowest BCUT2D eigenvalue weighted by atomic mass is 10.0. The number of anilines is 3. The number of aromatic nitrogens is 4. The molecular formula is C80H74FN11O11. The van der Waals surface area contributed by atoms with E-state index >= 15 is 0 Å². The van der Waals surface area contributed by atoms with Crippen molar-refractivity contribution in [2.24, 2.45) is 17.8 Å². The molecule has 0 bridgehead atoms. The van der Waals surface area contributed by atoms with Crippen molar-refractivity contribution in [1.82, 2.24) is 24.8 Å². The van der Waals surface area contributed by atoms with Gasteiger partial charge in [0.25, 0.3) is 0 Å². The zero-order chi connectivity index (χ0) is 71.2. The summed E-state index contributed by atoms with van der Waals surface area (Å²) in [5.74, 6) is 2.92. The first-order valence-corrected chi connectivity index (χ1v) is 34.5. The number of aliphatic hydroxyl groups excluding tert-OH is 1. The lowest BCUT2D eigenvalue weighted by molar-refractivity contribution is -0.138. The molecule has 4 amide bonds. The molecule has 3 aliphatic carbocycles. The van der Waals surface area contributed by atoms with Crippen molar-refractivity contribution < 1.29 is 56.8 Å². The van der Waals surface area contributed by atoms with Crippen LogP contribution in [0.3, 0.4) is 0 Å². The number of aliphatic hydroxyl groups is 1. The number of hydrogen-bond acceptors (Lipinski definition) is 18. The van der Waals surface area contributed by atoms with Crippen LogP contribution in [0.4, 0.5) is 21.7 Å². The first-order valence-electron chi connectivity index (χ1n) is 34.5. The molecule has 0 spiro atoms. The number of hydrogen-bond donors (Lipinski definition) is 4. The van der Waals surface area contributed by atoms with Crippen molar-refractivity contribution in [2.75, 3.05) is 62.1 Å². The number of ether oxygens (including phenoxy) is 5. The molecule has 4 N–H and O–H groups in total. The monoisotopic (exact) mass is 1380 g/mol. The van der Waals surface area contributed by atoms with E-state index in [9.17, 15) is 39.4 Å². The highest BCUT2D eigenvalue weighted by molar-refractivity contribution is 5.97. The average Bonchev–Trinajstić information content (AvgIpc) is 1.69. The van der Waals surface area contributed by atoms with Crippen molar-refractivity contribution in [1.29, 1.82) is 15.8 Å². The van der Waals surface area contributed by atoms with Crippen molar-refractivity contribution in [3.63, 3.8) is 0 Å². The molecule has 4 aromatic heterocycles. The van der Waals surface area contributed by atoms with Gasteiger partial charge in [-0.25, -0.2) is 24.3 Å². The molecule has 9 aromatic rings. The quantitative estimate of drug-likeness (QED) is 0.0584. The molecule has 15 rings (SSSR count). The number of furan rings is 1. The maximum absolute atomic E-state index is 14.7. The molecule has 6 aliphatic rings. The van der Waals surface area contributed by atoms with E-state index in [4.69, 9.17) is 33.2 Å². The van der Waals surface area contributed by atoms with Gasteiger partial charge in [-0.3, -0.25) is 19.2 Å². The Morgan fingerprint density at radius 1 is 0.534 bits per heavy atom. The van der Waals surface area contributed by atoms with E-state index in [-0.39, 0.29) is 96.3 Å². The fourth-order valence-corrected chi connectivity index (χ4v) is 13.2. The number of halogens is 1. The number of alkyl halides is 1. The number of nitrogens with zero attached hydrogens (tertiary/aromatic N) is 8. The molecule has 522 valence electrons. The molecule has 7 heterocycles. The summed E-state index contributed by atoms with van der Waals surface area (Å²) >= 11 is 0. The summed E-state index contributed by atoms with van der Waals surface area (Å²) in [6.45, 7) is 2.17. The Balaban J connectivity index is 0.000000138. The molecule has 6 fully saturated rings. The minimum absolute atomic E-state index is 0.00794. The normalized spacial score (nSPS) is 20.9. The van der Waals surface area contributed by atoms with Crippen LogP contribution in [-0.4, -0.2) is 124 Å². The third-order valence-electron chi connectivity index (χ3n) is 19.2. The van der Waals surface area contributed by atoms with Crippen molar-refractivity contribution >= 4 is 41.0 Å². The number of likely N-dealkylation sites (tertiary alicyclic amines) is 1. The topological polar surface area (TPSA) is 310 Å². The lowest BCUT2D eigenvalue weighted by Gasteiger charge is -2.34. The predicted molar refractivity (Wildman–Crippen MR) is 378 cm³/mol. The van der Waals surface area contributed by atoms with Crippen LogP contribution in [0, 0.1) is 51.7 Å². The van der Waals surface area contributed by atoms with Crippen molar-refractivity contribution in [3.8, 4) is 68.8 Å². The Morgan fingerprint density at radius 2 is 1.03 bits per heavy atom. The molecule has 3 saturated carbocycles. The summed E-state index contributed by atoms with van der Waals surface area (Å²) in [6.07, 6.45) is 13.7. The zero-order valence-corrected chi connectivity index (χ0v) is 56.2. The standard InChI is InChI=1S/C28H26FN5O4.C27H25N3O3.C25H23N3O4/c29-24-14-34(27(36)15-35)7-6-26(24)38-25-5-4-18(8-19(25)11-30)17-2-1-3-21(9-17)33-28(37)23-10-22(23)20-12-31-16-32-13-20;28-17-21-14-19(6-7-25(21)33-22-9-12-32-13-10-22)20-8-11-29-26(15-20)30-27(31)24-16-23(24)18-4-2-1-3-5-18;26-15-18-12-16(3-4-22(18)32-19-6-10-30-11-7-19)17-5-8-27-24(13-17)28-25(29)21-14-20(21)23-2-1-9-31-23/h1-5,8-9,12-13,16,22-24,26,35H,6-7,10,14-15H2,(H,33,37);1-8,11,14-15,22-24H,9-10,12-13,16H2,(H,29,30,31);1-5,8-9,12-13,19-21H,6-7,10-11,14H2,(H,27,28,29)/t22-,23+,24+,26-;23-,24+;20-,21-/m001/s1. The molecule has 5 aromatic carbocycles. The number of piperidine rings is 1. The number of nitrogens with one attached hydrogen (secondary N) is 3. The van der Waals surface area contributed by atoms with Crippen molar-refractivity contribution in [2.45, 2.75) is 93.6 Å². The SMILES string of the molecule is N#Cc1cc(-c2cccc(NC(=O)[C@@H]3C[C@H]3c3cncnc3)c2)ccc1O[C@H]1CCN(C(=O)CO)C[C@H]1F.N#Cc1cc(-c2ccnc(NC(=O)[C@@H]3C[C@H]3c3ccccc3)c2)ccc1OC1CCOCC1.N#Cc1cc(-c2ccnc(NC(=O)[C@@H]3C[C@H]3c3ccco3)c2)ccc1OC1CCOCC1. The number of nitriles is 3.